The smallest absolute Gasteiger partial charge is 0.271 e. The number of carbonyl (C=O) groups is 2. The minimum absolute atomic E-state index is 0.188. The number of anilines is 2. The number of nitrogens with zero attached hydrogens (tertiary/aromatic N) is 2. The van der Waals surface area contributed by atoms with E-state index in [4.69, 9.17) is 21.7 Å². The maximum Gasteiger partial charge on any atom is 0.271 e. The highest BCUT2D eigenvalue weighted by atomic mass is 32.2. The summed E-state index contributed by atoms with van der Waals surface area (Å²) in [5.74, 6) is 0.526. The minimum atomic E-state index is -0.345. The van der Waals surface area contributed by atoms with Gasteiger partial charge in [-0.05, 0) is 25.1 Å². The zero-order valence-electron chi connectivity index (χ0n) is 16.1. The number of hydrogen-bond donors (Lipinski definition) is 0. The second-order valence-electron chi connectivity index (χ2n) is 6.32. The molecule has 2 heterocycles. The third kappa shape index (κ3) is 2.99. The fourth-order valence-corrected chi connectivity index (χ4v) is 4.87. The van der Waals surface area contributed by atoms with Crippen LogP contribution >= 0.6 is 24.0 Å². The maximum absolute atomic E-state index is 13.4. The predicted molar refractivity (Wildman–Crippen MR) is 119 cm³/mol. The molecule has 0 saturated carbocycles. The summed E-state index contributed by atoms with van der Waals surface area (Å²) in [5, 5.41) is 0. The lowest BCUT2D eigenvalue weighted by atomic mass is 10.1. The van der Waals surface area contributed by atoms with Crippen LogP contribution in [0.25, 0.3) is 5.57 Å². The molecule has 0 N–H and O–H groups in total. The molecule has 0 bridgehead atoms. The van der Waals surface area contributed by atoms with Gasteiger partial charge in [-0.25, -0.2) is 0 Å². The number of likely N-dealkylation sites (N-methyl/N-ethyl adjacent to an activating group) is 1. The highest BCUT2D eigenvalue weighted by Gasteiger charge is 2.42. The van der Waals surface area contributed by atoms with Crippen LogP contribution in [0, 0.1) is 0 Å². The molecule has 0 unspecified atom stereocenters. The number of thiocarbonyl (C=S) groups is 1. The lowest BCUT2D eigenvalue weighted by Crippen LogP contribution is -2.29. The first-order chi connectivity index (χ1) is 14.0. The van der Waals surface area contributed by atoms with E-state index in [-0.39, 0.29) is 11.8 Å². The van der Waals surface area contributed by atoms with Gasteiger partial charge in [-0.3, -0.25) is 14.5 Å². The van der Waals surface area contributed by atoms with Crippen molar-refractivity contribution in [1.82, 2.24) is 0 Å². The molecule has 2 aromatic rings. The van der Waals surface area contributed by atoms with Crippen LogP contribution in [0.3, 0.4) is 0 Å². The first-order valence-electron chi connectivity index (χ1n) is 8.95. The van der Waals surface area contributed by atoms with Crippen molar-refractivity contribution in [1.29, 1.82) is 0 Å². The number of methoxy groups -OCH3 is 2. The summed E-state index contributed by atoms with van der Waals surface area (Å²) in [6, 6.07) is 12.6. The highest BCUT2D eigenvalue weighted by molar-refractivity contribution is 8.27. The average Bonchev–Trinajstić information content (AvgIpc) is 3.18. The number of amides is 2. The molecule has 0 aromatic heterocycles. The Hall–Kier alpha value is -2.84. The maximum atomic E-state index is 13.4. The summed E-state index contributed by atoms with van der Waals surface area (Å²) in [6.07, 6.45) is 0. The molecule has 0 radical (unpaired) electrons. The number of rotatable bonds is 4. The fourth-order valence-electron chi connectivity index (χ4n) is 3.51. The van der Waals surface area contributed by atoms with Crippen molar-refractivity contribution in [2.24, 2.45) is 0 Å². The topological polar surface area (TPSA) is 59.1 Å². The van der Waals surface area contributed by atoms with E-state index in [2.05, 4.69) is 0 Å². The summed E-state index contributed by atoms with van der Waals surface area (Å²) in [6.45, 7) is 2.42. The molecular formula is C21H18N2O4S2. The zero-order chi connectivity index (χ0) is 20.7. The van der Waals surface area contributed by atoms with Gasteiger partial charge in [0.05, 0.1) is 36.1 Å². The molecule has 1 fully saturated rings. The van der Waals surface area contributed by atoms with Gasteiger partial charge in [-0.2, -0.15) is 0 Å². The average molecular weight is 427 g/mol. The lowest BCUT2D eigenvalue weighted by molar-refractivity contribution is -0.115. The van der Waals surface area contributed by atoms with Crippen molar-refractivity contribution >= 4 is 57.1 Å². The molecule has 8 heteroatoms. The van der Waals surface area contributed by atoms with Gasteiger partial charge in [0.2, 0.25) is 0 Å². The molecule has 148 valence electrons. The van der Waals surface area contributed by atoms with Crippen LogP contribution in [0.5, 0.6) is 11.5 Å². The second-order valence-corrected chi connectivity index (χ2v) is 7.96. The summed E-state index contributed by atoms with van der Waals surface area (Å²) in [4.78, 5) is 29.9. The molecule has 29 heavy (non-hydrogen) atoms. The van der Waals surface area contributed by atoms with Gasteiger partial charge in [-0.15, -0.1) is 0 Å². The van der Waals surface area contributed by atoms with Gasteiger partial charge in [0, 0.05) is 18.2 Å². The van der Waals surface area contributed by atoms with E-state index in [1.165, 1.54) is 12.0 Å². The SMILES string of the molecule is CCN1C(=O)C(=C2SC(=S)N(c3cc(OC)ccc3OC)C2=O)c2ccccc21. The molecular weight excluding hydrogens is 408 g/mol. The van der Waals surface area contributed by atoms with E-state index >= 15 is 0 Å². The Bertz CT molecular complexity index is 1080. The summed E-state index contributed by atoms with van der Waals surface area (Å²) >= 11 is 6.64. The number of para-hydroxylation sites is 1. The Morgan fingerprint density at radius 1 is 1.00 bits per heavy atom. The molecule has 2 aliphatic heterocycles. The van der Waals surface area contributed by atoms with Crippen molar-refractivity contribution in [2.45, 2.75) is 6.92 Å². The summed E-state index contributed by atoms with van der Waals surface area (Å²) < 4.78 is 11.0. The van der Waals surface area contributed by atoms with Crippen LogP contribution in [-0.4, -0.2) is 36.9 Å². The number of fused-ring (bicyclic) bond motifs is 1. The zero-order valence-corrected chi connectivity index (χ0v) is 17.7. The van der Waals surface area contributed by atoms with Crippen molar-refractivity contribution < 1.29 is 19.1 Å². The van der Waals surface area contributed by atoms with Crippen LogP contribution in [-0.2, 0) is 9.59 Å². The number of carbonyl (C=O) groups excluding carboxylic acids is 2. The van der Waals surface area contributed by atoms with Gasteiger partial charge in [0.25, 0.3) is 11.8 Å². The molecule has 4 rings (SSSR count). The van der Waals surface area contributed by atoms with E-state index in [1.54, 1.807) is 30.2 Å². The number of hydrogen-bond acceptors (Lipinski definition) is 6. The Morgan fingerprint density at radius 3 is 2.45 bits per heavy atom. The van der Waals surface area contributed by atoms with Crippen LogP contribution in [0.2, 0.25) is 0 Å². The quantitative estimate of drug-likeness (QED) is 0.547. The monoisotopic (exact) mass is 426 g/mol. The van der Waals surface area contributed by atoms with E-state index < -0.39 is 0 Å². The van der Waals surface area contributed by atoms with E-state index in [1.807, 2.05) is 31.2 Å². The van der Waals surface area contributed by atoms with Gasteiger partial charge >= 0.3 is 0 Å². The van der Waals surface area contributed by atoms with Crippen molar-refractivity contribution in [2.75, 3.05) is 30.6 Å². The Labute approximate surface area is 178 Å². The molecule has 0 atom stereocenters. The largest absolute Gasteiger partial charge is 0.497 e. The van der Waals surface area contributed by atoms with Gasteiger partial charge in [-0.1, -0.05) is 42.2 Å². The molecule has 2 amide bonds. The highest BCUT2D eigenvalue weighted by Crippen LogP contribution is 2.47. The molecule has 2 aromatic carbocycles. The van der Waals surface area contributed by atoms with Crippen molar-refractivity contribution in [3.8, 4) is 11.5 Å². The number of thioether (sulfide) groups is 1. The van der Waals surface area contributed by atoms with E-state index in [9.17, 15) is 9.59 Å². The summed E-state index contributed by atoms with van der Waals surface area (Å²) in [7, 11) is 3.07. The van der Waals surface area contributed by atoms with Gasteiger partial charge in [0.1, 0.15) is 11.5 Å². The normalized spacial score (nSPS) is 18.5. The molecule has 2 aliphatic rings. The molecule has 1 saturated heterocycles. The Kier molecular flexibility index (Phi) is 5.06. The standard InChI is InChI=1S/C21H18N2O4S2/c1-4-22-14-8-6-5-7-13(14)17(19(22)24)18-20(25)23(21(28)29-18)15-11-12(26-2)9-10-16(15)27-3/h5-11H,4H2,1-3H3. The Morgan fingerprint density at radius 2 is 1.76 bits per heavy atom. The number of ether oxygens (including phenoxy) is 2. The van der Waals surface area contributed by atoms with Crippen LogP contribution in [0.1, 0.15) is 12.5 Å². The Balaban J connectivity index is 1.86. The second kappa shape index (κ2) is 7.53. The fraction of sp³-hybridized carbons (Fsp3) is 0.190. The van der Waals surface area contributed by atoms with Crippen LogP contribution in [0.15, 0.2) is 47.4 Å². The molecule has 0 aliphatic carbocycles. The van der Waals surface area contributed by atoms with E-state index in [0.29, 0.717) is 38.5 Å². The third-order valence-corrected chi connectivity index (χ3v) is 6.24. The first kappa shape index (κ1) is 19.5. The van der Waals surface area contributed by atoms with Gasteiger partial charge < -0.3 is 14.4 Å². The van der Waals surface area contributed by atoms with Gasteiger partial charge in [0.15, 0.2) is 4.32 Å². The lowest BCUT2D eigenvalue weighted by Gasteiger charge is -2.18. The van der Waals surface area contributed by atoms with Crippen LogP contribution in [0.4, 0.5) is 11.4 Å². The van der Waals surface area contributed by atoms with Crippen LogP contribution < -0.4 is 19.3 Å². The van der Waals surface area contributed by atoms with E-state index in [0.717, 1.165) is 23.0 Å². The minimum Gasteiger partial charge on any atom is -0.497 e. The third-order valence-electron chi connectivity index (χ3n) is 4.86. The first-order valence-corrected chi connectivity index (χ1v) is 10.2. The molecule has 6 nitrogen and oxygen atoms in total. The number of benzene rings is 2. The predicted octanol–water partition coefficient (Wildman–Crippen LogP) is 3.85. The van der Waals surface area contributed by atoms with Crippen molar-refractivity contribution in [3.63, 3.8) is 0 Å². The summed E-state index contributed by atoms with van der Waals surface area (Å²) in [5.41, 5.74) is 2.43. The molecule has 0 spiro atoms. The van der Waals surface area contributed by atoms with Crippen molar-refractivity contribution in [3.05, 3.63) is 52.9 Å².